The van der Waals surface area contributed by atoms with Gasteiger partial charge in [0.1, 0.15) is 5.75 Å². The van der Waals surface area contributed by atoms with Crippen molar-refractivity contribution >= 4 is 5.69 Å². The molecule has 4 nitrogen and oxygen atoms in total. The first-order valence-corrected chi connectivity index (χ1v) is 6.04. The second-order valence-corrected chi connectivity index (χ2v) is 4.47. The molecule has 1 aliphatic heterocycles. The Bertz CT molecular complexity index is 349. The number of methoxy groups -OCH3 is 1. The standard InChI is InChI=1S/C13H20N2O2/c1-16-13-4-2-3-12(9-13)15-7-5-11(6-8-15)10-17-14/h2-4,9,11H,5-8,10,14H2,1H3. The number of nitrogens with two attached hydrogens (primary N) is 1. The van der Waals surface area contributed by atoms with Crippen molar-refractivity contribution in [3.8, 4) is 5.75 Å². The number of piperidine rings is 1. The van der Waals surface area contributed by atoms with E-state index in [1.54, 1.807) is 7.11 Å². The first-order valence-electron chi connectivity index (χ1n) is 6.04. The molecule has 0 aromatic heterocycles. The van der Waals surface area contributed by atoms with E-state index in [4.69, 9.17) is 15.5 Å². The van der Waals surface area contributed by atoms with Gasteiger partial charge < -0.3 is 14.5 Å². The number of anilines is 1. The predicted octanol–water partition coefficient (Wildman–Crippen LogP) is 1.80. The lowest BCUT2D eigenvalue weighted by Crippen LogP contribution is -2.35. The van der Waals surface area contributed by atoms with Gasteiger partial charge in [-0.3, -0.25) is 0 Å². The zero-order chi connectivity index (χ0) is 12.1. The molecule has 1 saturated heterocycles. The van der Waals surface area contributed by atoms with Crippen LogP contribution in [-0.2, 0) is 4.84 Å². The van der Waals surface area contributed by atoms with Gasteiger partial charge >= 0.3 is 0 Å². The molecule has 0 atom stereocenters. The molecule has 17 heavy (non-hydrogen) atoms. The van der Waals surface area contributed by atoms with Crippen LogP contribution >= 0.6 is 0 Å². The quantitative estimate of drug-likeness (QED) is 0.810. The van der Waals surface area contributed by atoms with E-state index in [0.717, 1.165) is 31.7 Å². The van der Waals surface area contributed by atoms with Crippen LogP contribution in [0, 0.1) is 5.92 Å². The summed E-state index contributed by atoms with van der Waals surface area (Å²) in [6.45, 7) is 2.79. The molecule has 0 saturated carbocycles. The minimum atomic E-state index is 0.599. The second-order valence-electron chi connectivity index (χ2n) is 4.47. The normalized spacial score (nSPS) is 17.2. The Morgan fingerprint density at radius 3 is 2.76 bits per heavy atom. The van der Waals surface area contributed by atoms with Crippen molar-refractivity contribution in [3.05, 3.63) is 24.3 Å². The highest BCUT2D eigenvalue weighted by molar-refractivity contribution is 5.50. The number of nitrogens with zero attached hydrogens (tertiary/aromatic N) is 1. The highest BCUT2D eigenvalue weighted by Gasteiger charge is 2.19. The van der Waals surface area contributed by atoms with Gasteiger partial charge in [0.05, 0.1) is 13.7 Å². The maximum absolute atomic E-state index is 5.24. The summed E-state index contributed by atoms with van der Waals surface area (Å²) in [7, 11) is 1.70. The lowest BCUT2D eigenvalue weighted by atomic mass is 9.97. The number of benzene rings is 1. The average Bonchev–Trinajstić information content (AvgIpc) is 2.40. The third-order valence-corrected chi connectivity index (χ3v) is 3.36. The molecule has 2 N–H and O–H groups in total. The molecule has 94 valence electrons. The molecule has 0 amide bonds. The topological polar surface area (TPSA) is 47.7 Å². The summed E-state index contributed by atoms with van der Waals surface area (Å²) >= 11 is 0. The largest absolute Gasteiger partial charge is 0.497 e. The average molecular weight is 236 g/mol. The molecular formula is C13H20N2O2. The SMILES string of the molecule is COc1cccc(N2CCC(CON)CC2)c1. The fourth-order valence-electron chi connectivity index (χ4n) is 2.30. The lowest BCUT2D eigenvalue weighted by Gasteiger charge is -2.33. The van der Waals surface area contributed by atoms with E-state index in [9.17, 15) is 0 Å². The number of ether oxygens (including phenoxy) is 1. The van der Waals surface area contributed by atoms with Crippen LogP contribution in [0.3, 0.4) is 0 Å². The third kappa shape index (κ3) is 3.11. The molecule has 1 fully saturated rings. The third-order valence-electron chi connectivity index (χ3n) is 3.36. The van der Waals surface area contributed by atoms with Crippen molar-refractivity contribution < 1.29 is 9.57 Å². The lowest BCUT2D eigenvalue weighted by molar-refractivity contribution is 0.0918. The maximum atomic E-state index is 5.24. The van der Waals surface area contributed by atoms with Gasteiger partial charge in [0.2, 0.25) is 0 Å². The van der Waals surface area contributed by atoms with Crippen molar-refractivity contribution in [2.45, 2.75) is 12.8 Å². The van der Waals surface area contributed by atoms with Crippen molar-refractivity contribution in [2.75, 3.05) is 31.7 Å². The summed E-state index contributed by atoms with van der Waals surface area (Å²) in [6.07, 6.45) is 2.27. The molecule has 4 heteroatoms. The molecule has 0 aliphatic carbocycles. The van der Waals surface area contributed by atoms with Gasteiger partial charge in [0, 0.05) is 24.8 Å². The molecule has 1 heterocycles. The molecule has 0 bridgehead atoms. The summed E-state index contributed by atoms with van der Waals surface area (Å²) in [6, 6.07) is 8.21. The van der Waals surface area contributed by atoms with Crippen molar-refractivity contribution in [2.24, 2.45) is 11.8 Å². The summed E-state index contributed by atoms with van der Waals surface area (Å²) in [5.41, 5.74) is 1.23. The van der Waals surface area contributed by atoms with E-state index >= 15 is 0 Å². The van der Waals surface area contributed by atoms with Gasteiger partial charge in [0.15, 0.2) is 0 Å². The summed E-state index contributed by atoms with van der Waals surface area (Å²) in [4.78, 5) is 7.10. The van der Waals surface area contributed by atoms with Crippen LogP contribution in [-0.4, -0.2) is 26.8 Å². The van der Waals surface area contributed by atoms with Crippen molar-refractivity contribution in [1.29, 1.82) is 0 Å². The number of hydrogen-bond acceptors (Lipinski definition) is 4. The summed E-state index contributed by atoms with van der Waals surface area (Å²) in [5.74, 6) is 6.62. The van der Waals surface area contributed by atoms with E-state index in [1.807, 2.05) is 12.1 Å². The fraction of sp³-hybridized carbons (Fsp3) is 0.538. The van der Waals surface area contributed by atoms with E-state index in [0.29, 0.717) is 12.5 Å². The van der Waals surface area contributed by atoms with Crippen LogP contribution < -0.4 is 15.5 Å². The monoisotopic (exact) mass is 236 g/mol. The van der Waals surface area contributed by atoms with E-state index in [2.05, 4.69) is 17.0 Å². The molecule has 0 unspecified atom stereocenters. The number of rotatable bonds is 4. The molecule has 0 spiro atoms. The molecular weight excluding hydrogens is 216 g/mol. The van der Waals surface area contributed by atoms with Gasteiger partial charge in [-0.1, -0.05) is 6.07 Å². The Hall–Kier alpha value is -1.26. The van der Waals surface area contributed by atoms with Crippen molar-refractivity contribution in [3.63, 3.8) is 0 Å². The van der Waals surface area contributed by atoms with Gasteiger partial charge in [-0.25, -0.2) is 5.90 Å². The van der Waals surface area contributed by atoms with E-state index < -0.39 is 0 Å². The highest BCUT2D eigenvalue weighted by atomic mass is 16.6. The highest BCUT2D eigenvalue weighted by Crippen LogP contribution is 2.26. The van der Waals surface area contributed by atoms with E-state index in [-0.39, 0.29) is 0 Å². The Kier molecular flexibility index (Phi) is 4.23. The van der Waals surface area contributed by atoms with Crippen LogP contribution in [0.4, 0.5) is 5.69 Å². The minimum absolute atomic E-state index is 0.599. The van der Waals surface area contributed by atoms with Crippen molar-refractivity contribution in [1.82, 2.24) is 0 Å². The smallest absolute Gasteiger partial charge is 0.120 e. The Balaban J connectivity index is 1.95. The Morgan fingerprint density at radius 2 is 2.12 bits per heavy atom. The molecule has 2 rings (SSSR count). The van der Waals surface area contributed by atoms with Crippen LogP contribution in [0.5, 0.6) is 5.75 Å². The molecule has 1 aromatic rings. The zero-order valence-corrected chi connectivity index (χ0v) is 10.3. The number of hydrogen-bond donors (Lipinski definition) is 1. The van der Waals surface area contributed by atoms with Gasteiger partial charge in [0.25, 0.3) is 0 Å². The summed E-state index contributed by atoms with van der Waals surface area (Å²) in [5, 5.41) is 0. The fourth-order valence-corrected chi connectivity index (χ4v) is 2.30. The van der Waals surface area contributed by atoms with E-state index in [1.165, 1.54) is 5.69 Å². The predicted molar refractivity (Wildman–Crippen MR) is 68.1 cm³/mol. The van der Waals surface area contributed by atoms with Crippen LogP contribution in [0.25, 0.3) is 0 Å². The molecule has 0 radical (unpaired) electrons. The Morgan fingerprint density at radius 1 is 1.35 bits per heavy atom. The molecule has 1 aliphatic rings. The Labute approximate surface area is 102 Å². The first kappa shape index (κ1) is 12.2. The zero-order valence-electron chi connectivity index (χ0n) is 10.3. The maximum Gasteiger partial charge on any atom is 0.120 e. The summed E-state index contributed by atoms with van der Waals surface area (Å²) < 4.78 is 5.24. The second kappa shape index (κ2) is 5.89. The van der Waals surface area contributed by atoms with Crippen LogP contribution in [0.15, 0.2) is 24.3 Å². The van der Waals surface area contributed by atoms with Gasteiger partial charge in [-0.2, -0.15) is 0 Å². The van der Waals surface area contributed by atoms with Crippen LogP contribution in [0.2, 0.25) is 0 Å². The van der Waals surface area contributed by atoms with Gasteiger partial charge in [-0.05, 0) is 30.9 Å². The first-order chi connectivity index (χ1) is 8.33. The van der Waals surface area contributed by atoms with Crippen LogP contribution in [0.1, 0.15) is 12.8 Å². The van der Waals surface area contributed by atoms with Gasteiger partial charge in [-0.15, -0.1) is 0 Å². The molecule has 1 aromatic carbocycles. The minimum Gasteiger partial charge on any atom is -0.497 e.